The number of amides is 2. The van der Waals surface area contributed by atoms with E-state index < -0.39 is 0 Å². The maximum atomic E-state index is 12.7. The van der Waals surface area contributed by atoms with Crippen LogP contribution in [0.2, 0.25) is 0 Å². The number of nitrogens with zero attached hydrogens (tertiary/aromatic N) is 4. The lowest BCUT2D eigenvalue weighted by molar-refractivity contribution is -0.130. The van der Waals surface area contributed by atoms with Crippen LogP contribution in [0, 0.1) is 0 Å². The number of aromatic nitrogens is 3. The highest BCUT2D eigenvalue weighted by Gasteiger charge is 2.21. The van der Waals surface area contributed by atoms with Gasteiger partial charge in [-0.15, -0.1) is 0 Å². The molecule has 0 aliphatic carbocycles. The SMILES string of the molecule is CCC(NC(=O)Cn1nc2n(c1=O)CCCCC2)c1ccccc1OCC(=O)N(C)C. The number of hydrogen-bond donors (Lipinski definition) is 1. The van der Waals surface area contributed by atoms with E-state index in [-0.39, 0.29) is 36.7 Å². The lowest BCUT2D eigenvalue weighted by atomic mass is 10.0. The van der Waals surface area contributed by atoms with E-state index in [0.29, 0.717) is 18.7 Å². The molecule has 0 fully saturated rings. The monoisotopic (exact) mass is 429 g/mol. The number of carbonyl (C=O) groups excluding carboxylic acids is 2. The van der Waals surface area contributed by atoms with Crippen LogP contribution in [-0.2, 0) is 29.1 Å². The number of ether oxygens (including phenoxy) is 1. The minimum absolute atomic E-state index is 0.0794. The molecule has 1 atom stereocenters. The number of benzene rings is 1. The number of fused-ring (bicyclic) bond motifs is 1. The Kier molecular flexibility index (Phi) is 7.49. The third-order valence-corrected chi connectivity index (χ3v) is 5.46. The summed E-state index contributed by atoms with van der Waals surface area (Å²) in [6.45, 7) is 2.41. The molecule has 1 unspecified atom stereocenters. The number of para-hydroxylation sites is 1. The van der Waals surface area contributed by atoms with Crippen LogP contribution < -0.4 is 15.7 Å². The average molecular weight is 430 g/mol. The normalized spacial score (nSPS) is 14.3. The Labute approximate surface area is 182 Å². The number of likely N-dealkylation sites (N-methyl/N-ethyl adjacent to an activating group) is 1. The van der Waals surface area contributed by atoms with Crippen molar-refractivity contribution >= 4 is 11.8 Å². The van der Waals surface area contributed by atoms with E-state index in [1.165, 1.54) is 9.58 Å². The second-order valence-electron chi connectivity index (χ2n) is 7.96. The van der Waals surface area contributed by atoms with Crippen LogP contribution in [0.3, 0.4) is 0 Å². The predicted molar refractivity (Wildman–Crippen MR) is 116 cm³/mol. The number of carbonyl (C=O) groups is 2. The molecular formula is C22H31N5O4. The van der Waals surface area contributed by atoms with Crippen molar-refractivity contribution in [1.82, 2.24) is 24.6 Å². The van der Waals surface area contributed by atoms with Gasteiger partial charge in [-0.2, -0.15) is 5.10 Å². The Hall–Kier alpha value is -3.10. The maximum absolute atomic E-state index is 12.7. The zero-order valence-electron chi connectivity index (χ0n) is 18.5. The van der Waals surface area contributed by atoms with Gasteiger partial charge in [0.2, 0.25) is 5.91 Å². The minimum atomic E-state index is -0.311. The number of aryl methyl sites for hydroxylation is 1. The van der Waals surface area contributed by atoms with Crippen molar-refractivity contribution < 1.29 is 14.3 Å². The Morgan fingerprint density at radius 2 is 2.00 bits per heavy atom. The van der Waals surface area contributed by atoms with Crippen LogP contribution in [0.25, 0.3) is 0 Å². The fraction of sp³-hybridized carbons (Fsp3) is 0.545. The van der Waals surface area contributed by atoms with Crippen LogP contribution in [0.15, 0.2) is 29.1 Å². The molecule has 2 amide bonds. The lowest BCUT2D eigenvalue weighted by Crippen LogP contribution is -2.36. The van der Waals surface area contributed by atoms with Gasteiger partial charge in [0.05, 0.1) is 6.04 Å². The van der Waals surface area contributed by atoms with E-state index in [1.54, 1.807) is 24.7 Å². The highest BCUT2D eigenvalue weighted by atomic mass is 16.5. The van der Waals surface area contributed by atoms with Gasteiger partial charge in [-0.05, 0) is 25.3 Å². The second kappa shape index (κ2) is 10.3. The summed E-state index contributed by atoms with van der Waals surface area (Å²) in [6, 6.07) is 7.03. The van der Waals surface area contributed by atoms with Crippen LogP contribution in [-0.4, -0.2) is 51.8 Å². The molecule has 2 aromatic rings. The number of hydrogen-bond acceptors (Lipinski definition) is 5. The summed E-state index contributed by atoms with van der Waals surface area (Å²) in [4.78, 5) is 38.7. The summed E-state index contributed by atoms with van der Waals surface area (Å²) >= 11 is 0. The van der Waals surface area contributed by atoms with Crippen molar-refractivity contribution in [1.29, 1.82) is 0 Å². The maximum Gasteiger partial charge on any atom is 0.346 e. The smallest absolute Gasteiger partial charge is 0.346 e. The summed E-state index contributed by atoms with van der Waals surface area (Å²) in [7, 11) is 3.34. The van der Waals surface area contributed by atoms with Gasteiger partial charge in [0.1, 0.15) is 18.1 Å². The molecule has 0 bridgehead atoms. The Bertz CT molecular complexity index is 979. The first-order chi connectivity index (χ1) is 14.9. The van der Waals surface area contributed by atoms with Crippen molar-refractivity contribution in [3.63, 3.8) is 0 Å². The van der Waals surface area contributed by atoms with Crippen molar-refractivity contribution in [3.05, 3.63) is 46.1 Å². The molecule has 2 heterocycles. The standard InChI is InChI=1S/C22H31N5O4/c1-4-17(16-10-7-8-11-18(16)31-15-21(29)25(2)3)23-20(28)14-27-22(30)26-13-9-5-6-12-19(26)24-27/h7-8,10-11,17H,4-6,9,12-15H2,1-3H3,(H,23,28). The van der Waals surface area contributed by atoms with Gasteiger partial charge in [-0.25, -0.2) is 9.48 Å². The first-order valence-corrected chi connectivity index (χ1v) is 10.8. The van der Waals surface area contributed by atoms with Crippen molar-refractivity contribution in [2.75, 3.05) is 20.7 Å². The summed E-state index contributed by atoms with van der Waals surface area (Å²) in [5.74, 6) is 0.870. The van der Waals surface area contributed by atoms with Crippen molar-refractivity contribution in [3.8, 4) is 5.75 Å². The fourth-order valence-corrected chi connectivity index (χ4v) is 3.67. The van der Waals surface area contributed by atoms with Crippen LogP contribution in [0.5, 0.6) is 5.75 Å². The molecule has 0 spiro atoms. The molecule has 0 radical (unpaired) electrons. The van der Waals surface area contributed by atoms with Gasteiger partial charge >= 0.3 is 5.69 Å². The van der Waals surface area contributed by atoms with Gasteiger partial charge in [0.15, 0.2) is 6.61 Å². The molecule has 9 heteroatoms. The topological polar surface area (TPSA) is 98.5 Å². The molecule has 1 N–H and O–H groups in total. The van der Waals surface area contributed by atoms with E-state index in [4.69, 9.17) is 4.74 Å². The zero-order chi connectivity index (χ0) is 22.4. The van der Waals surface area contributed by atoms with Gasteiger partial charge in [-0.3, -0.25) is 14.2 Å². The summed E-state index contributed by atoms with van der Waals surface area (Å²) in [6.07, 6.45) is 4.44. The molecule has 1 aliphatic heterocycles. The summed E-state index contributed by atoms with van der Waals surface area (Å²) in [5, 5.41) is 7.36. The van der Waals surface area contributed by atoms with Gasteiger partial charge in [0.25, 0.3) is 5.91 Å². The second-order valence-corrected chi connectivity index (χ2v) is 7.96. The molecule has 0 saturated heterocycles. The molecule has 1 aliphatic rings. The van der Waals surface area contributed by atoms with E-state index in [9.17, 15) is 14.4 Å². The molecule has 0 saturated carbocycles. The zero-order valence-corrected chi connectivity index (χ0v) is 18.5. The number of nitrogens with one attached hydrogen (secondary N) is 1. The van der Waals surface area contributed by atoms with Crippen molar-refractivity contribution in [2.24, 2.45) is 0 Å². The Morgan fingerprint density at radius 3 is 2.74 bits per heavy atom. The fourth-order valence-electron chi connectivity index (χ4n) is 3.67. The van der Waals surface area contributed by atoms with Crippen molar-refractivity contribution in [2.45, 2.75) is 58.2 Å². The molecule has 3 rings (SSSR count). The molecule has 31 heavy (non-hydrogen) atoms. The Morgan fingerprint density at radius 1 is 1.23 bits per heavy atom. The highest BCUT2D eigenvalue weighted by molar-refractivity contribution is 5.77. The first kappa shape index (κ1) is 22.6. The molecule has 1 aromatic heterocycles. The van der Waals surface area contributed by atoms with Crippen LogP contribution in [0.1, 0.15) is 50.0 Å². The Balaban J connectivity index is 1.70. The minimum Gasteiger partial charge on any atom is -0.483 e. The largest absolute Gasteiger partial charge is 0.483 e. The molecular weight excluding hydrogens is 398 g/mol. The average Bonchev–Trinajstić information content (AvgIpc) is 2.92. The van der Waals surface area contributed by atoms with Crippen LogP contribution >= 0.6 is 0 Å². The molecule has 1 aromatic carbocycles. The summed E-state index contributed by atoms with van der Waals surface area (Å²) < 4.78 is 8.65. The quantitative estimate of drug-likeness (QED) is 0.686. The van der Waals surface area contributed by atoms with Gasteiger partial charge in [-0.1, -0.05) is 31.5 Å². The van der Waals surface area contributed by atoms with E-state index >= 15 is 0 Å². The third-order valence-electron chi connectivity index (χ3n) is 5.46. The van der Waals surface area contributed by atoms with Crippen LogP contribution in [0.4, 0.5) is 0 Å². The van der Waals surface area contributed by atoms with E-state index in [1.807, 2.05) is 25.1 Å². The van der Waals surface area contributed by atoms with Gasteiger partial charge < -0.3 is 15.0 Å². The number of rotatable bonds is 8. The third kappa shape index (κ3) is 5.53. The van der Waals surface area contributed by atoms with Gasteiger partial charge in [0, 0.05) is 32.6 Å². The summed E-state index contributed by atoms with van der Waals surface area (Å²) in [5.41, 5.74) is 0.559. The van der Waals surface area contributed by atoms with E-state index in [0.717, 1.165) is 37.1 Å². The molecule has 9 nitrogen and oxygen atoms in total. The lowest BCUT2D eigenvalue weighted by Gasteiger charge is -2.21. The van der Waals surface area contributed by atoms with E-state index in [2.05, 4.69) is 10.4 Å². The first-order valence-electron chi connectivity index (χ1n) is 10.8. The highest BCUT2D eigenvalue weighted by Crippen LogP contribution is 2.27. The predicted octanol–water partition coefficient (Wildman–Crippen LogP) is 1.51. The molecule has 168 valence electrons.